The van der Waals surface area contributed by atoms with Crippen LogP contribution in [0.1, 0.15) is 12.8 Å². The highest BCUT2D eigenvalue weighted by Gasteiger charge is 2.26. The van der Waals surface area contributed by atoms with Gasteiger partial charge >= 0.3 is 5.97 Å². The number of esters is 1. The number of sulfonamides is 1. The third kappa shape index (κ3) is 6.64. The van der Waals surface area contributed by atoms with E-state index >= 15 is 0 Å². The maximum atomic E-state index is 12.0. The van der Waals surface area contributed by atoms with Crippen molar-refractivity contribution < 1.29 is 27.5 Å². The van der Waals surface area contributed by atoms with Gasteiger partial charge in [-0.1, -0.05) is 18.2 Å². The smallest absolute Gasteiger partial charge is 0.306 e. The van der Waals surface area contributed by atoms with Crippen molar-refractivity contribution in [1.82, 2.24) is 9.21 Å². The van der Waals surface area contributed by atoms with Crippen LogP contribution < -0.4 is 4.74 Å². The molecule has 0 radical (unpaired) electrons. The molecule has 0 N–H and O–H groups in total. The van der Waals surface area contributed by atoms with Gasteiger partial charge in [0.1, 0.15) is 5.75 Å². The van der Waals surface area contributed by atoms with Crippen molar-refractivity contribution in [1.29, 1.82) is 0 Å². The van der Waals surface area contributed by atoms with Crippen molar-refractivity contribution in [2.75, 3.05) is 45.6 Å². The van der Waals surface area contributed by atoms with Gasteiger partial charge in [0.25, 0.3) is 5.91 Å². The molecule has 1 aliphatic heterocycles. The maximum Gasteiger partial charge on any atom is 0.306 e. The van der Waals surface area contributed by atoms with Crippen LogP contribution in [0.5, 0.6) is 5.75 Å². The Kier molecular flexibility index (Phi) is 7.40. The lowest BCUT2D eigenvalue weighted by Crippen LogP contribution is -2.51. The Morgan fingerprint density at radius 1 is 1.08 bits per heavy atom. The van der Waals surface area contributed by atoms with Gasteiger partial charge in [-0.2, -0.15) is 4.31 Å². The Bertz CT molecular complexity index is 699. The zero-order valence-electron chi connectivity index (χ0n) is 14.8. The van der Waals surface area contributed by atoms with Gasteiger partial charge in [-0.25, -0.2) is 8.42 Å². The molecule has 0 saturated carbocycles. The summed E-state index contributed by atoms with van der Waals surface area (Å²) in [7, 11) is -3.24. The number of piperazine rings is 1. The van der Waals surface area contributed by atoms with Crippen LogP contribution in [0.2, 0.25) is 0 Å². The standard InChI is InChI=1S/C17H24N2O6S/c1-26(22,23)19-11-9-18(10-12-19)16(20)14-25-17(21)8-5-13-24-15-6-3-2-4-7-15/h2-4,6-7H,5,8-14H2,1H3. The summed E-state index contributed by atoms with van der Waals surface area (Å²) in [5.41, 5.74) is 0. The predicted molar refractivity (Wildman–Crippen MR) is 95.1 cm³/mol. The summed E-state index contributed by atoms with van der Waals surface area (Å²) in [6.07, 6.45) is 1.81. The quantitative estimate of drug-likeness (QED) is 0.478. The van der Waals surface area contributed by atoms with Crippen LogP contribution >= 0.6 is 0 Å². The highest BCUT2D eigenvalue weighted by atomic mass is 32.2. The molecular weight excluding hydrogens is 360 g/mol. The topological polar surface area (TPSA) is 93.2 Å². The molecule has 0 aliphatic carbocycles. The molecule has 0 bridgehead atoms. The Hall–Kier alpha value is -2.13. The van der Waals surface area contributed by atoms with Crippen molar-refractivity contribution in [2.24, 2.45) is 0 Å². The van der Waals surface area contributed by atoms with E-state index in [0.29, 0.717) is 26.1 Å². The fourth-order valence-corrected chi connectivity index (χ4v) is 3.32. The SMILES string of the molecule is CS(=O)(=O)N1CCN(C(=O)COC(=O)CCCOc2ccccc2)CC1. The molecule has 26 heavy (non-hydrogen) atoms. The first kappa shape index (κ1) is 20.2. The third-order valence-corrected chi connectivity index (χ3v) is 5.26. The number of rotatable bonds is 8. The Morgan fingerprint density at radius 3 is 2.35 bits per heavy atom. The van der Waals surface area contributed by atoms with E-state index in [2.05, 4.69) is 0 Å². The van der Waals surface area contributed by atoms with Crippen LogP contribution in [0.3, 0.4) is 0 Å². The molecule has 1 aliphatic rings. The molecular formula is C17H24N2O6S. The number of hydrogen-bond acceptors (Lipinski definition) is 6. The fourth-order valence-electron chi connectivity index (χ4n) is 2.50. The van der Waals surface area contributed by atoms with E-state index in [1.807, 2.05) is 30.3 Å². The Balaban J connectivity index is 1.59. The first-order valence-corrected chi connectivity index (χ1v) is 10.3. The average Bonchev–Trinajstić information content (AvgIpc) is 2.63. The number of nitrogens with zero attached hydrogens (tertiary/aromatic N) is 2. The van der Waals surface area contributed by atoms with E-state index in [4.69, 9.17) is 9.47 Å². The Labute approximate surface area is 153 Å². The summed E-state index contributed by atoms with van der Waals surface area (Å²) in [5.74, 6) is -0.0268. The van der Waals surface area contributed by atoms with Gasteiger partial charge in [0.2, 0.25) is 10.0 Å². The average molecular weight is 384 g/mol. The molecule has 9 heteroatoms. The van der Waals surface area contributed by atoms with Crippen LogP contribution in [0.25, 0.3) is 0 Å². The van der Waals surface area contributed by atoms with Gasteiger partial charge in [-0.05, 0) is 18.6 Å². The number of benzene rings is 1. The van der Waals surface area contributed by atoms with Crippen LogP contribution in [0, 0.1) is 0 Å². The minimum absolute atomic E-state index is 0.169. The lowest BCUT2D eigenvalue weighted by molar-refractivity contribution is -0.152. The molecule has 144 valence electrons. The monoisotopic (exact) mass is 384 g/mol. The van der Waals surface area contributed by atoms with Crippen molar-refractivity contribution in [3.63, 3.8) is 0 Å². The van der Waals surface area contributed by atoms with Gasteiger partial charge in [0.05, 0.1) is 12.9 Å². The second-order valence-corrected chi connectivity index (χ2v) is 7.95. The minimum Gasteiger partial charge on any atom is -0.494 e. The van der Waals surface area contributed by atoms with E-state index in [9.17, 15) is 18.0 Å². The van der Waals surface area contributed by atoms with Gasteiger partial charge < -0.3 is 14.4 Å². The van der Waals surface area contributed by atoms with Crippen molar-refractivity contribution in [3.05, 3.63) is 30.3 Å². The van der Waals surface area contributed by atoms with E-state index in [1.54, 1.807) is 0 Å². The van der Waals surface area contributed by atoms with Gasteiger partial charge in [-0.15, -0.1) is 0 Å². The van der Waals surface area contributed by atoms with E-state index in [0.717, 1.165) is 12.0 Å². The lowest BCUT2D eigenvalue weighted by atomic mass is 10.3. The largest absolute Gasteiger partial charge is 0.494 e. The molecule has 1 fully saturated rings. The molecule has 8 nitrogen and oxygen atoms in total. The van der Waals surface area contributed by atoms with Gasteiger partial charge in [0.15, 0.2) is 6.61 Å². The second-order valence-electron chi connectivity index (χ2n) is 5.97. The molecule has 1 saturated heterocycles. The number of carbonyl (C=O) groups excluding carboxylic acids is 2. The van der Waals surface area contributed by atoms with Crippen LogP contribution in [-0.2, 0) is 24.3 Å². The number of ether oxygens (including phenoxy) is 2. The summed E-state index contributed by atoms with van der Waals surface area (Å²) in [4.78, 5) is 25.2. The van der Waals surface area contributed by atoms with Gasteiger partial charge in [0, 0.05) is 32.6 Å². The van der Waals surface area contributed by atoms with Crippen molar-refractivity contribution in [2.45, 2.75) is 12.8 Å². The van der Waals surface area contributed by atoms with E-state index < -0.39 is 16.0 Å². The fraction of sp³-hybridized carbons (Fsp3) is 0.529. The number of carbonyl (C=O) groups is 2. The molecule has 1 aromatic rings. The number of amides is 1. The summed E-state index contributed by atoms with van der Waals surface area (Å²) >= 11 is 0. The Morgan fingerprint density at radius 2 is 1.73 bits per heavy atom. The summed E-state index contributed by atoms with van der Waals surface area (Å²) in [5, 5.41) is 0. The van der Waals surface area contributed by atoms with E-state index in [-0.39, 0.29) is 32.0 Å². The minimum atomic E-state index is -3.24. The molecule has 0 spiro atoms. The number of para-hydroxylation sites is 1. The predicted octanol–water partition coefficient (Wildman–Crippen LogP) is 0.493. The summed E-state index contributed by atoms with van der Waals surface area (Å²) in [6, 6.07) is 9.29. The molecule has 1 amide bonds. The first-order valence-electron chi connectivity index (χ1n) is 8.42. The van der Waals surface area contributed by atoms with Crippen LogP contribution in [0.4, 0.5) is 0 Å². The summed E-state index contributed by atoms with van der Waals surface area (Å²) < 4.78 is 34.7. The highest BCUT2D eigenvalue weighted by Crippen LogP contribution is 2.09. The highest BCUT2D eigenvalue weighted by molar-refractivity contribution is 7.88. The number of hydrogen-bond donors (Lipinski definition) is 0. The molecule has 0 unspecified atom stereocenters. The zero-order chi connectivity index (χ0) is 19.0. The zero-order valence-corrected chi connectivity index (χ0v) is 15.6. The molecule has 1 heterocycles. The second kappa shape index (κ2) is 9.54. The first-order chi connectivity index (χ1) is 12.4. The molecule has 0 aromatic heterocycles. The van der Waals surface area contributed by atoms with Crippen LogP contribution in [0.15, 0.2) is 30.3 Å². The lowest BCUT2D eigenvalue weighted by Gasteiger charge is -2.33. The van der Waals surface area contributed by atoms with E-state index in [1.165, 1.54) is 9.21 Å². The van der Waals surface area contributed by atoms with Crippen molar-refractivity contribution >= 4 is 21.9 Å². The van der Waals surface area contributed by atoms with Gasteiger partial charge in [-0.3, -0.25) is 9.59 Å². The third-order valence-electron chi connectivity index (χ3n) is 3.95. The van der Waals surface area contributed by atoms with Crippen LogP contribution in [-0.4, -0.2) is 75.1 Å². The molecule has 1 aromatic carbocycles. The summed E-state index contributed by atoms with van der Waals surface area (Å²) in [6.45, 7) is 1.19. The maximum absolute atomic E-state index is 12.0. The molecule has 0 atom stereocenters. The normalized spacial score (nSPS) is 15.5. The van der Waals surface area contributed by atoms with Crippen molar-refractivity contribution in [3.8, 4) is 5.75 Å². The molecule has 2 rings (SSSR count).